The molecule has 1 aliphatic carbocycles. The Hall–Kier alpha value is -1.75. The van der Waals surface area contributed by atoms with Crippen LogP contribution in [0, 0.1) is 12.3 Å². The lowest BCUT2D eigenvalue weighted by atomic mass is 10.1. The number of aliphatic hydroxyl groups excluding tert-OH is 1. The standard InChI is InChI=1S/C16H24N2O3/c1-12-4-3-5-14(8-12)21-13(2)9-17-15(20)18-10-16(11-19)6-7-16/h3-5,8,13,19H,6-7,9-11H2,1-2H3,(H2,17,18,20). The van der Waals surface area contributed by atoms with Gasteiger partial charge in [0, 0.05) is 12.0 Å². The van der Waals surface area contributed by atoms with Gasteiger partial charge in [-0.2, -0.15) is 0 Å². The molecule has 0 heterocycles. The zero-order valence-electron chi connectivity index (χ0n) is 12.7. The lowest BCUT2D eigenvalue weighted by molar-refractivity contribution is 0.195. The SMILES string of the molecule is Cc1cccc(OC(C)CNC(=O)NCC2(CO)CC2)c1. The lowest BCUT2D eigenvalue weighted by Gasteiger charge is -2.17. The number of carbonyl (C=O) groups is 1. The van der Waals surface area contributed by atoms with E-state index in [0.717, 1.165) is 24.2 Å². The molecule has 1 aromatic rings. The molecule has 1 aromatic carbocycles. The van der Waals surface area contributed by atoms with E-state index in [1.54, 1.807) is 0 Å². The van der Waals surface area contributed by atoms with Gasteiger partial charge in [-0.15, -0.1) is 0 Å². The molecule has 21 heavy (non-hydrogen) atoms. The van der Waals surface area contributed by atoms with Crippen molar-refractivity contribution in [3.05, 3.63) is 29.8 Å². The molecule has 3 N–H and O–H groups in total. The van der Waals surface area contributed by atoms with Gasteiger partial charge in [-0.25, -0.2) is 4.79 Å². The summed E-state index contributed by atoms with van der Waals surface area (Å²) in [6.07, 6.45) is 1.86. The lowest BCUT2D eigenvalue weighted by Crippen LogP contribution is -2.43. The normalized spacial score (nSPS) is 16.9. The van der Waals surface area contributed by atoms with Crippen molar-refractivity contribution in [1.29, 1.82) is 0 Å². The van der Waals surface area contributed by atoms with Gasteiger partial charge in [-0.1, -0.05) is 12.1 Å². The van der Waals surface area contributed by atoms with Crippen LogP contribution in [-0.4, -0.2) is 36.9 Å². The van der Waals surface area contributed by atoms with Crippen LogP contribution in [0.3, 0.4) is 0 Å². The molecule has 0 aliphatic heterocycles. The van der Waals surface area contributed by atoms with Gasteiger partial charge in [-0.05, 0) is 44.4 Å². The maximum absolute atomic E-state index is 11.7. The number of aliphatic hydroxyl groups is 1. The second-order valence-corrected chi connectivity index (χ2v) is 5.97. The van der Waals surface area contributed by atoms with Crippen LogP contribution in [0.4, 0.5) is 4.79 Å². The molecule has 1 unspecified atom stereocenters. The van der Waals surface area contributed by atoms with E-state index in [2.05, 4.69) is 10.6 Å². The molecule has 0 spiro atoms. The molecule has 1 fully saturated rings. The molecule has 0 bridgehead atoms. The maximum Gasteiger partial charge on any atom is 0.314 e. The number of benzene rings is 1. The highest BCUT2D eigenvalue weighted by Crippen LogP contribution is 2.44. The number of rotatable bonds is 7. The Kier molecular flexibility index (Phi) is 5.07. The highest BCUT2D eigenvalue weighted by Gasteiger charge is 2.42. The van der Waals surface area contributed by atoms with Gasteiger partial charge in [0.2, 0.25) is 0 Å². The van der Waals surface area contributed by atoms with E-state index in [1.165, 1.54) is 0 Å². The fraction of sp³-hybridized carbons (Fsp3) is 0.562. The van der Waals surface area contributed by atoms with Crippen LogP contribution in [0.2, 0.25) is 0 Å². The second kappa shape index (κ2) is 6.80. The van der Waals surface area contributed by atoms with Crippen molar-refractivity contribution in [1.82, 2.24) is 10.6 Å². The minimum absolute atomic E-state index is 0.0684. The van der Waals surface area contributed by atoms with E-state index in [4.69, 9.17) is 4.74 Å². The van der Waals surface area contributed by atoms with E-state index in [1.807, 2.05) is 38.1 Å². The van der Waals surface area contributed by atoms with Crippen LogP contribution in [-0.2, 0) is 0 Å². The van der Waals surface area contributed by atoms with Crippen molar-refractivity contribution in [2.24, 2.45) is 5.41 Å². The van der Waals surface area contributed by atoms with Crippen molar-refractivity contribution in [2.75, 3.05) is 19.7 Å². The second-order valence-electron chi connectivity index (χ2n) is 5.97. The number of amides is 2. The summed E-state index contributed by atoms with van der Waals surface area (Å²) < 4.78 is 5.74. The quantitative estimate of drug-likeness (QED) is 0.718. The number of aryl methyl sites for hydroxylation is 1. The third-order valence-corrected chi connectivity index (χ3v) is 3.79. The predicted molar refractivity (Wildman–Crippen MR) is 81.4 cm³/mol. The molecule has 116 valence electrons. The summed E-state index contributed by atoms with van der Waals surface area (Å²) in [7, 11) is 0. The monoisotopic (exact) mass is 292 g/mol. The van der Waals surface area contributed by atoms with Crippen LogP contribution in [0.1, 0.15) is 25.3 Å². The van der Waals surface area contributed by atoms with Gasteiger partial charge in [0.15, 0.2) is 0 Å². The number of carbonyl (C=O) groups excluding carboxylic acids is 1. The molecule has 5 heteroatoms. The summed E-state index contributed by atoms with van der Waals surface area (Å²) in [5.74, 6) is 0.807. The third-order valence-electron chi connectivity index (χ3n) is 3.79. The molecule has 2 amide bonds. The topological polar surface area (TPSA) is 70.6 Å². The van der Waals surface area contributed by atoms with Crippen molar-refractivity contribution < 1.29 is 14.6 Å². The molecule has 2 rings (SSSR count). The fourth-order valence-corrected chi connectivity index (χ4v) is 2.10. The summed E-state index contributed by atoms with van der Waals surface area (Å²) in [6, 6.07) is 7.62. The molecule has 1 atom stereocenters. The van der Waals surface area contributed by atoms with Crippen LogP contribution < -0.4 is 15.4 Å². The molecule has 0 radical (unpaired) electrons. The van der Waals surface area contributed by atoms with Crippen LogP contribution in [0.15, 0.2) is 24.3 Å². The average Bonchev–Trinajstić information content (AvgIpc) is 3.24. The van der Waals surface area contributed by atoms with E-state index < -0.39 is 0 Å². The average molecular weight is 292 g/mol. The first-order chi connectivity index (χ1) is 10.0. The molecule has 1 aliphatic rings. The van der Waals surface area contributed by atoms with Gasteiger partial charge < -0.3 is 20.5 Å². The van der Waals surface area contributed by atoms with Crippen LogP contribution in [0.5, 0.6) is 5.75 Å². The van der Waals surface area contributed by atoms with Gasteiger partial charge in [0.25, 0.3) is 0 Å². The summed E-state index contributed by atoms with van der Waals surface area (Å²) in [5.41, 5.74) is 1.07. The number of hydrogen-bond donors (Lipinski definition) is 3. The van der Waals surface area contributed by atoms with Crippen LogP contribution in [0.25, 0.3) is 0 Å². The van der Waals surface area contributed by atoms with E-state index in [-0.39, 0.29) is 24.2 Å². The van der Waals surface area contributed by atoms with E-state index in [9.17, 15) is 9.90 Å². The third kappa shape index (κ3) is 4.93. The molecular formula is C16H24N2O3. The Bertz CT molecular complexity index is 486. The fourth-order valence-electron chi connectivity index (χ4n) is 2.10. The Morgan fingerprint density at radius 1 is 1.43 bits per heavy atom. The van der Waals surface area contributed by atoms with Crippen molar-refractivity contribution >= 4 is 6.03 Å². The first kappa shape index (κ1) is 15.6. The minimum Gasteiger partial charge on any atom is -0.489 e. The van der Waals surface area contributed by atoms with E-state index >= 15 is 0 Å². The number of urea groups is 1. The molecule has 0 saturated heterocycles. The predicted octanol–water partition coefficient (Wildman–Crippen LogP) is 1.83. The largest absolute Gasteiger partial charge is 0.489 e. The summed E-state index contributed by atoms with van der Waals surface area (Å²) in [4.78, 5) is 11.7. The zero-order chi connectivity index (χ0) is 15.3. The molecule has 1 saturated carbocycles. The number of ether oxygens (including phenoxy) is 1. The highest BCUT2D eigenvalue weighted by molar-refractivity contribution is 5.73. The Morgan fingerprint density at radius 2 is 2.19 bits per heavy atom. The Balaban J connectivity index is 1.66. The zero-order valence-corrected chi connectivity index (χ0v) is 12.7. The molecule has 5 nitrogen and oxygen atoms in total. The first-order valence-electron chi connectivity index (χ1n) is 7.39. The minimum atomic E-state index is -0.214. The van der Waals surface area contributed by atoms with Gasteiger partial charge in [0.1, 0.15) is 11.9 Å². The van der Waals surface area contributed by atoms with Gasteiger partial charge >= 0.3 is 6.03 Å². The summed E-state index contributed by atoms with van der Waals surface area (Å²) in [6.45, 7) is 5.03. The van der Waals surface area contributed by atoms with Crippen molar-refractivity contribution in [3.63, 3.8) is 0 Å². The highest BCUT2D eigenvalue weighted by atomic mass is 16.5. The van der Waals surface area contributed by atoms with Crippen LogP contribution >= 0.6 is 0 Å². The summed E-state index contributed by atoms with van der Waals surface area (Å²) in [5, 5.41) is 14.8. The van der Waals surface area contributed by atoms with Gasteiger partial charge in [0.05, 0.1) is 13.2 Å². The molecule has 0 aromatic heterocycles. The van der Waals surface area contributed by atoms with Crippen molar-refractivity contribution in [3.8, 4) is 5.75 Å². The maximum atomic E-state index is 11.7. The van der Waals surface area contributed by atoms with Gasteiger partial charge in [-0.3, -0.25) is 0 Å². The van der Waals surface area contributed by atoms with Crippen molar-refractivity contribution in [2.45, 2.75) is 32.8 Å². The first-order valence-corrected chi connectivity index (χ1v) is 7.39. The Morgan fingerprint density at radius 3 is 2.81 bits per heavy atom. The van der Waals surface area contributed by atoms with E-state index in [0.29, 0.717) is 13.1 Å². The Labute approximate surface area is 125 Å². The number of hydrogen-bond acceptors (Lipinski definition) is 3. The number of nitrogens with one attached hydrogen (secondary N) is 2. The summed E-state index contributed by atoms with van der Waals surface area (Å²) >= 11 is 0. The molecular weight excluding hydrogens is 268 g/mol. The smallest absolute Gasteiger partial charge is 0.314 e.